The van der Waals surface area contributed by atoms with Crippen LogP contribution in [0.5, 0.6) is 5.75 Å². The van der Waals surface area contributed by atoms with Gasteiger partial charge >= 0.3 is 0 Å². The molecule has 0 aromatic heterocycles. The highest BCUT2D eigenvalue weighted by atomic mass is 16.5. The molecule has 1 saturated heterocycles. The van der Waals surface area contributed by atoms with Gasteiger partial charge in [0.15, 0.2) is 0 Å². The second-order valence-corrected chi connectivity index (χ2v) is 5.74. The molecule has 1 atom stereocenters. The first-order valence-electron chi connectivity index (χ1n) is 7.40. The number of benzene rings is 1. The summed E-state index contributed by atoms with van der Waals surface area (Å²) in [5, 5.41) is 6.36. The van der Waals surface area contributed by atoms with Gasteiger partial charge in [0.2, 0.25) is 5.91 Å². The molecule has 2 rings (SSSR count). The minimum Gasteiger partial charge on any atom is -0.491 e. The van der Waals surface area contributed by atoms with Crippen molar-refractivity contribution >= 4 is 11.6 Å². The molecule has 1 heterocycles. The molecule has 20 heavy (non-hydrogen) atoms. The van der Waals surface area contributed by atoms with E-state index in [-0.39, 0.29) is 11.9 Å². The Balaban J connectivity index is 2.02. The molecule has 1 unspecified atom stereocenters. The number of para-hydroxylation sites is 2. The Morgan fingerprint density at radius 2 is 2.20 bits per heavy atom. The van der Waals surface area contributed by atoms with Gasteiger partial charge in [-0.1, -0.05) is 26.0 Å². The minimum atomic E-state index is 0.126. The number of ether oxygens (including phenoxy) is 1. The number of carbonyl (C=O) groups is 1. The van der Waals surface area contributed by atoms with Gasteiger partial charge in [0.05, 0.1) is 12.3 Å². The molecule has 0 spiro atoms. The number of hydrogen-bond donors (Lipinski definition) is 2. The predicted octanol–water partition coefficient (Wildman–Crippen LogP) is 2.80. The monoisotopic (exact) mass is 276 g/mol. The van der Waals surface area contributed by atoms with Crippen molar-refractivity contribution in [1.29, 1.82) is 0 Å². The van der Waals surface area contributed by atoms with Gasteiger partial charge in [0.25, 0.3) is 0 Å². The molecule has 1 aliphatic rings. The van der Waals surface area contributed by atoms with Gasteiger partial charge in [-0.15, -0.1) is 0 Å². The van der Waals surface area contributed by atoms with E-state index in [0.717, 1.165) is 30.8 Å². The Morgan fingerprint density at radius 3 is 3.00 bits per heavy atom. The Morgan fingerprint density at radius 1 is 1.40 bits per heavy atom. The van der Waals surface area contributed by atoms with Crippen molar-refractivity contribution in [2.75, 3.05) is 18.5 Å². The number of amides is 1. The van der Waals surface area contributed by atoms with E-state index >= 15 is 0 Å². The maximum Gasteiger partial charge on any atom is 0.222 e. The van der Waals surface area contributed by atoms with Gasteiger partial charge in [0, 0.05) is 19.0 Å². The van der Waals surface area contributed by atoms with Crippen molar-refractivity contribution < 1.29 is 9.53 Å². The first-order valence-corrected chi connectivity index (χ1v) is 7.40. The van der Waals surface area contributed by atoms with Crippen LogP contribution in [0.2, 0.25) is 0 Å². The van der Waals surface area contributed by atoms with E-state index in [1.54, 1.807) is 0 Å². The van der Waals surface area contributed by atoms with E-state index in [4.69, 9.17) is 4.74 Å². The lowest BCUT2D eigenvalue weighted by Crippen LogP contribution is -2.27. The zero-order chi connectivity index (χ0) is 14.4. The van der Waals surface area contributed by atoms with Crippen molar-refractivity contribution in [3.8, 4) is 5.75 Å². The average Bonchev–Trinajstić information content (AvgIpc) is 2.62. The van der Waals surface area contributed by atoms with E-state index in [1.165, 1.54) is 0 Å². The number of hydrogen-bond acceptors (Lipinski definition) is 3. The van der Waals surface area contributed by atoms with Crippen LogP contribution >= 0.6 is 0 Å². The third-order valence-electron chi connectivity index (χ3n) is 3.30. The molecule has 1 aromatic carbocycles. The molecule has 1 fully saturated rings. The molecule has 2 N–H and O–H groups in total. The highest BCUT2D eigenvalue weighted by molar-refractivity contribution is 5.77. The fourth-order valence-corrected chi connectivity index (χ4v) is 2.29. The van der Waals surface area contributed by atoms with Crippen LogP contribution in [0, 0.1) is 5.92 Å². The lowest BCUT2D eigenvalue weighted by molar-refractivity contribution is -0.120. The summed E-state index contributed by atoms with van der Waals surface area (Å²) in [6.07, 6.45) is 2.54. The first kappa shape index (κ1) is 14.7. The number of rotatable bonds is 5. The Labute approximate surface area is 120 Å². The van der Waals surface area contributed by atoms with Crippen LogP contribution in [0.1, 0.15) is 33.1 Å². The molecule has 0 saturated carbocycles. The molecule has 110 valence electrons. The van der Waals surface area contributed by atoms with Crippen molar-refractivity contribution in [3.63, 3.8) is 0 Å². The zero-order valence-corrected chi connectivity index (χ0v) is 12.3. The van der Waals surface area contributed by atoms with Gasteiger partial charge in [-0.3, -0.25) is 4.79 Å². The predicted molar refractivity (Wildman–Crippen MR) is 81.0 cm³/mol. The standard InChI is InChI=1S/C16H24N2O2/c1-12(2)11-20-15-8-4-3-7-14(15)18-13-6-5-9-17-16(19)10-13/h3-4,7-8,12-13,18H,5-6,9-11H2,1-2H3,(H,17,19). The van der Waals surface area contributed by atoms with Gasteiger partial charge < -0.3 is 15.4 Å². The summed E-state index contributed by atoms with van der Waals surface area (Å²) in [6, 6.07) is 8.13. The van der Waals surface area contributed by atoms with Crippen LogP contribution < -0.4 is 15.4 Å². The quantitative estimate of drug-likeness (QED) is 0.869. The smallest absolute Gasteiger partial charge is 0.222 e. The molecule has 0 aliphatic carbocycles. The molecule has 4 nitrogen and oxygen atoms in total. The molecular weight excluding hydrogens is 252 g/mol. The Hall–Kier alpha value is -1.71. The SMILES string of the molecule is CC(C)COc1ccccc1NC1CCCNC(=O)C1. The van der Waals surface area contributed by atoms with Crippen LogP contribution in [-0.4, -0.2) is 25.1 Å². The lowest BCUT2D eigenvalue weighted by Gasteiger charge is -2.20. The lowest BCUT2D eigenvalue weighted by atomic mass is 10.1. The van der Waals surface area contributed by atoms with Crippen LogP contribution in [0.15, 0.2) is 24.3 Å². The van der Waals surface area contributed by atoms with E-state index in [1.807, 2.05) is 24.3 Å². The van der Waals surface area contributed by atoms with Crippen molar-refractivity contribution in [2.45, 2.75) is 39.2 Å². The Kier molecular flexibility index (Phi) is 5.27. The minimum absolute atomic E-state index is 0.126. The van der Waals surface area contributed by atoms with Crippen LogP contribution in [0.25, 0.3) is 0 Å². The number of nitrogens with one attached hydrogen (secondary N) is 2. The number of anilines is 1. The van der Waals surface area contributed by atoms with Crippen LogP contribution in [0.3, 0.4) is 0 Å². The maximum atomic E-state index is 11.6. The first-order chi connectivity index (χ1) is 9.65. The summed E-state index contributed by atoms with van der Waals surface area (Å²) in [5.41, 5.74) is 0.979. The Bertz CT molecular complexity index is 446. The molecule has 1 aliphatic heterocycles. The molecule has 0 radical (unpaired) electrons. The van der Waals surface area contributed by atoms with Gasteiger partial charge in [0.1, 0.15) is 5.75 Å². The van der Waals surface area contributed by atoms with E-state index < -0.39 is 0 Å². The second-order valence-electron chi connectivity index (χ2n) is 5.74. The molecular formula is C16H24N2O2. The molecule has 1 aromatic rings. The second kappa shape index (κ2) is 7.17. The van der Waals surface area contributed by atoms with Crippen molar-refractivity contribution in [1.82, 2.24) is 5.32 Å². The van der Waals surface area contributed by atoms with Crippen molar-refractivity contribution in [2.24, 2.45) is 5.92 Å². The fourth-order valence-electron chi connectivity index (χ4n) is 2.29. The maximum absolute atomic E-state index is 11.6. The van der Waals surface area contributed by atoms with Crippen LogP contribution in [-0.2, 0) is 4.79 Å². The van der Waals surface area contributed by atoms with Gasteiger partial charge in [-0.05, 0) is 30.9 Å². The van der Waals surface area contributed by atoms with E-state index in [0.29, 0.717) is 18.9 Å². The van der Waals surface area contributed by atoms with Gasteiger partial charge in [-0.25, -0.2) is 0 Å². The average molecular weight is 276 g/mol. The zero-order valence-electron chi connectivity index (χ0n) is 12.3. The summed E-state index contributed by atoms with van der Waals surface area (Å²) in [7, 11) is 0. The highest BCUT2D eigenvalue weighted by Crippen LogP contribution is 2.26. The molecule has 1 amide bonds. The number of carbonyl (C=O) groups excluding carboxylic acids is 1. The summed E-state index contributed by atoms with van der Waals surface area (Å²) in [4.78, 5) is 11.6. The van der Waals surface area contributed by atoms with Gasteiger partial charge in [-0.2, -0.15) is 0 Å². The van der Waals surface area contributed by atoms with E-state index in [9.17, 15) is 4.79 Å². The van der Waals surface area contributed by atoms with Crippen LogP contribution in [0.4, 0.5) is 5.69 Å². The summed E-state index contributed by atoms with van der Waals surface area (Å²) in [6.45, 7) is 5.74. The summed E-state index contributed by atoms with van der Waals surface area (Å²) >= 11 is 0. The highest BCUT2D eigenvalue weighted by Gasteiger charge is 2.18. The fraction of sp³-hybridized carbons (Fsp3) is 0.562. The summed E-state index contributed by atoms with van der Waals surface area (Å²) < 4.78 is 5.84. The topological polar surface area (TPSA) is 50.4 Å². The summed E-state index contributed by atoms with van der Waals surface area (Å²) in [5.74, 6) is 1.48. The molecule has 0 bridgehead atoms. The van der Waals surface area contributed by atoms with E-state index in [2.05, 4.69) is 24.5 Å². The molecule has 4 heteroatoms. The third-order valence-corrected chi connectivity index (χ3v) is 3.30. The largest absolute Gasteiger partial charge is 0.491 e. The van der Waals surface area contributed by atoms with Crippen molar-refractivity contribution in [3.05, 3.63) is 24.3 Å². The third kappa shape index (κ3) is 4.44. The normalized spacial score (nSPS) is 19.4.